The third-order valence-electron chi connectivity index (χ3n) is 5.89. The van der Waals surface area contributed by atoms with Crippen molar-refractivity contribution in [1.82, 2.24) is 5.32 Å². The van der Waals surface area contributed by atoms with Crippen LogP contribution in [0.25, 0.3) is 5.57 Å². The fraction of sp³-hybridized carbons (Fsp3) is 0.400. The maximum atomic E-state index is 13.9. The Labute approximate surface area is 194 Å². The van der Waals surface area contributed by atoms with Gasteiger partial charge in [-0.15, -0.1) is 0 Å². The van der Waals surface area contributed by atoms with Gasteiger partial charge in [-0.2, -0.15) is 26.3 Å². The molecule has 1 heterocycles. The van der Waals surface area contributed by atoms with E-state index in [4.69, 9.17) is 4.74 Å². The average Bonchev–Trinajstić information content (AvgIpc) is 3.24. The first-order valence-corrected chi connectivity index (χ1v) is 10.7. The van der Waals surface area contributed by atoms with Gasteiger partial charge in [0.15, 0.2) is 0 Å². The topological polar surface area (TPSA) is 33.6 Å². The summed E-state index contributed by atoms with van der Waals surface area (Å²) in [7, 11) is 0. The minimum absolute atomic E-state index is 0.0868. The molecule has 0 fully saturated rings. The molecule has 34 heavy (non-hydrogen) atoms. The number of alkyl halides is 6. The second-order valence-electron chi connectivity index (χ2n) is 8.46. The van der Waals surface area contributed by atoms with Gasteiger partial charge in [0, 0.05) is 0 Å². The Morgan fingerprint density at radius 2 is 1.74 bits per heavy atom. The number of benzene rings is 2. The summed E-state index contributed by atoms with van der Waals surface area (Å²) < 4.78 is 86.7. The molecule has 1 unspecified atom stereocenters. The molecule has 0 amide bonds. The van der Waals surface area contributed by atoms with Crippen molar-refractivity contribution >= 4 is 11.6 Å². The molecule has 0 bridgehead atoms. The van der Waals surface area contributed by atoms with Crippen LogP contribution in [0.4, 0.5) is 26.3 Å². The molecule has 0 spiro atoms. The molecule has 1 atom stereocenters. The van der Waals surface area contributed by atoms with Gasteiger partial charge in [-0.1, -0.05) is 29.8 Å². The molecule has 1 aliphatic heterocycles. The fourth-order valence-corrected chi connectivity index (χ4v) is 3.97. The van der Waals surface area contributed by atoms with Crippen LogP contribution >= 0.6 is 0 Å². The third kappa shape index (κ3) is 5.74. The molecular weight excluding hydrogens is 458 g/mol. The molecule has 2 aromatic rings. The Kier molecular flexibility index (Phi) is 7.33. The lowest BCUT2D eigenvalue weighted by Crippen LogP contribution is -2.30. The van der Waals surface area contributed by atoms with Crippen LogP contribution in [0.15, 0.2) is 47.0 Å². The van der Waals surface area contributed by atoms with Gasteiger partial charge in [0.05, 0.1) is 23.7 Å². The zero-order valence-electron chi connectivity index (χ0n) is 19.3. The van der Waals surface area contributed by atoms with Crippen molar-refractivity contribution in [3.05, 3.63) is 75.4 Å². The summed E-state index contributed by atoms with van der Waals surface area (Å²) in [6.07, 6.45) is -9.76. The smallest absolute Gasteiger partial charge is 0.417 e. The van der Waals surface area contributed by atoms with Crippen molar-refractivity contribution in [2.45, 2.75) is 52.5 Å². The van der Waals surface area contributed by atoms with Gasteiger partial charge in [0.1, 0.15) is 6.61 Å². The molecule has 0 saturated carbocycles. The zero-order valence-corrected chi connectivity index (χ0v) is 19.3. The summed E-state index contributed by atoms with van der Waals surface area (Å²) in [6, 6.07) is 7.23. The second-order valence-corrected chi connectivity index (χ2v) is 8.46. The van der Waals surface area contributed by atoms with E-state index in [1.807, 2.05) is 32.0 Å². The lowest BCUT2D eigenvalue weighted by Gasteiger charge is -2.26. The van der Waals surface area contributed by atoms with E-state index in [1.54, 1.807) is 13.8 Å². The largest absolute Gasteiger partial charge is 0.463 e. The average molecular weight is 484 g/mol. The van der Waals surface area contributed by atoms with Gasteiger partial charge in [0.2, 0.25) is 0 Å². The van der Waals surface area contributed by atoms with Crippen LogP contribution in [0.5, 0.6) is 0 Å². The van der Waals surface area contributed by atoms with Gasteiger partial charge in [0.25, 0.3) is 6.02 Å². The molecule has 0 aliphatic carbocycles. The van der Waals surface area contributed by atoms with E-state index in [0.29, 0.717) is 36.4 Å². The highest BCUT2D eigenvalue weighted by atomic mass is 19.4. The summed E-state index contributed by atoms with van der Waals surface area (Å²) in [6.45, 7) is 8.01. The predicted molar refractivity (Wildman–Crippen MR) is 119 cm³/mol. The Morgan fingerprint density at radius 3 is 2.29 bits per heavy atom. The monoisotopic (exact) mass is 484 g/mol. The van der Waals surface area contributed by atoms with Crippen LogP contribution in [-0.4, -0.2) is 19.2 Å². The molecule has 0 radical (unpaired) electrons. The third-order valence-corrected chi connectivity index (χ3v) is 5.89. The second kappa shape index (κ2) is 9.72. The number of aliphatic imine (C=N–C) groups is 1. The molecular formula is C25H26F6N2O. The number of hydrogen-bond donors (Lipinski definition) is 1. The number of rotatable bonds is 5. The van der Waals surface area contributed by atoms with E-state index in [-0.39, 0.29) is 18.1 Å². The zero-order chi connectivity index (χ0) is 25.3. The molecule has 184 valence electrons. The summed E-state index contributed by atoms with van der Waals surface area (Å²) in [5, 5.41) is 3.18. The van der Waals surface area contributed by atoms with Crippen molar-refractivity contribution in [2.24, 2.45) is 4.99 Å². The maximum Gasteiger partial charge on any atom is 0.417 e. The van der Waals surface area contributed by atoms with E-state index in [2.05, 4.69) is 10.3 Å². The number of nitrogens with one attached hydrogen (secondary N) is 1. The first-order chi connectivity index (χ1) is 15.8. The van der Waals surface area contributed by atoms with Gasteiger partial charge < -0.3 is 10.1 Å². The lowest BCUT2D eigenvalue weighted by atomic mass is 9.86. The molecule has 3 nitrogen and oxygen atoms in total. The standard InChI is InChI=1S/C25H26F6N2O/c1-14(2)20(19-9-8-17(24(26,27)28)12-21(19)25(29,30)31)13-22(33-23-32-10-11-34-23)18-7-5-6-15(3)16(18)4/h5-9,12,22H,10-11,13H2,1-4H3,(H,32,33). The minimum Gasteiger partial charge on any atom is -0.463 e. The number of ether oxygens (including phenoxy) is 1. The summed E-state index contributed by atoms with van der Waals surface area (Å²) in [5.74, 6) is 0. The van der Waals surface area contributed by atoms with E-state index in [0.717, 1.165) is 22.8 Å². The Morgan fingerprint density at radius 1 is 1.03 bits per heavy atom. The van der Waals surface area contributed by atoms with E-state index in [1.165, 1.54) is 0 Å². The summed E-state index contributed by atoms with van der Waals surface area (Å²) in [5.41, 5.74) is 0.749. The van der Waals surface area contributed by atoms with Crippen molar-refractivity contribution in [1.29, 1.82) is 0 Å². The van der Waals surface area contributed by atoms with Gasteiger partial charge in [-0.25, -0.2) is 4.99 Å². The van der Waals surface area contributed by atoms with Crippen LogP contribution in [0.3, 0.4) is 0 Å². The van der Waals surface area contributed by atoms with E-state index in [9.17, 15) is 26.3 Å². The van der Waals surface area contributed by atoms with Crippen molar-refractivity contribution in [3.8, 4) is 0 Å². The number of amidine groups is 1. The van der Waals surface area contributed by atoms with Crippen molar-refractivity contribution in [3.63, 3.8) is 0 Å². The van der Waals surface area contributed by atoms with Gasteiger partial charge >= 0.3 is 12.4 Å². The molecule has 2 aromatic carbocycles. The van der Waals surface area contributed by atoms with Crippen LogP contribution in [0.2, 0.25) is 0 Å². The SMILES string of the molecule is CC(C)=C(CC(NC1=NCCO1)c1cccc(C)c1C)c1ccc(C(F)(F)F)cc1C(F)(F)F. The lowest BCUT2D eigenvalue weighted by molar-refractivity contribution is -0.143. The van der Waals surface area contributed by atoms with Gasteiger partial charge in [-0.05, 0) is 74.1 Å². The van der Waals surface area contributed by atoms with Gasteiger partial charge in [-0.3, -0.25) is 0 Å². The predicted octanol–water partition coefficient (Wildman–Crippen LogP) is 7.24. The minimum atomic E-state index is -4.96. The van der Waals surface area contributed by atoms with E-state index < -0.39 is 29.5 Å². The fourth-order valence-electron chi connectivity index (χ4n) is 3.97. The number of allylic oxidation sites excluding steroid dienone is 1. The molecule has 0 aromatic heterocycles. The van der Waals surface area contributed by atoms with Crippen LogP contribution in [0, 0.1) is 13.8 Å². The normalized spacial score (nSPS) is 14.9. The summed E-state index contributed by atoms with van der Waals surface area (Å²) >= 11 is 0. The first-order valence-electron chi connectivity index (χ1n) is 10.7. The van der Waals surface area contributed by atoms with Crippen LogP contribution in [-0.2, 0) is 17.1 Å². The maximum absolute atomic E-state index is 13.9. The van der Waals surface area contributed by atoms with Crippen molar-refractivity contribution < 1.29 is 31.1 Å². The number of halogens is 6. The molecule has 1 N–H and O–H groups in total. The Bertz CT molecular complexity index is 1110. The Balaban J connectivity index is 2.12. The number of hydrogen-bond acceptors (Lipinski definition) is 3. The van der Waals surface area contributed by atoms with Crippen LogP contribution < -0.4 is 5.32 Å². The number of nitrogens with zero attached hydrogens (tertiary/aromatic N) is 1. The molecule has 3 rings (SSSR count). The van der Waals surface area contributed by atoms with Crippen molar-refractivity contribution in [2.75, 3.05) is 13.2 Å². The van der Waals surface area contributed by atoms with Crippen LogP contribution in [0.1, 0.15) is 59.7 Å². The van der Waals surface area contributed by atoms with E-state index >= 15 is 0 Å². The Hall–Kier alpha value is -2.97. The molecule has 0 saturated heterocycles. The first kappa shape index (κ1) is 25.6. The molecule has 1 aliphatic rings. The number of aryl methyl sites for hydroxylation is 1. The highest BCUT2D eigenvalue weighted by Gasteiger charge is 2.39. The highest BCUT2D eigenvalue weighted by molar-refractivity contribution is 5.77. The summed E-state index contributed by atoms with van der Waals surface area (Å²) in [4.78, 5) is 4.24. The quantitative estimate of drug-likeness (QED) is 0.454. The molecule has 9 heteroatoms. The highest BCUT2D eigenvalue weighted by Crippen LogP contribution is 2.42.